The van der Waals surface area contributed by atoms with Gasteiger partial charge in [-0.3, -0.25) is 0 Å². The lowest BCUT2D eigenvalue weighted by atomic mass is 10.2. The standard InChI is InChI=1S/C12H21N2.BrH/c1-2-3-8-13-9-10-14(11-13)12-6-4-5-7-12;/h9-12H,2-8H2,1H3;1H/q+1;/p-1. The Hall–Kier alpha value is -0.310. The van der Waals surface area contributed by atoms with Gasteiger partial charge in [0.25, 0.3) is 0 Å². The average molecular weight is 273 g/mol. The molecular formula is C12H21BrN2. The van der Waals surface area contributed by atoms with Crippen LogP contribution in [0.5, 0.6) is 0 Å². The molecule has 1 aliphatic rings. The Morgan fingerprint density at radius 1 is 1.33 bits per heavy atom. The highest BCUT2D eigenvalue weighted by molar-refractivity contribution is 4.78. The van der Waals surface area contributed by atoms with Crippen LogP contribution in [0.25, 0.3) is 0 Å². The van der Waals surface area contributed by atoms with E-state index in [9.17, 15) is 0 Å². The molecule has 1 aromatic heterocycles. The Kier molecular flexibility index (Phi) is 5.37. The molecule has 0 saturated heterocycles. The van der Waals surface area contributed by atoms with E-state index in [4.69, 9.17) is 0 Å². The predicted octanol–water partition coefficient (Wildman–Crippen LogP) is -0.305. The van der Waals surface area contributed by atoms with Crippen LogP contribution in [0.4, 0.5) is 0 Å². The van der Waals surface area contributed by atoms with Crippen LogP contribution in [0.15, 0.2) is 18.7 Å². The normalized spacial score (nSPS) is 16.6. The second-order valence-electron chi connectivity index (χ2n) is 4.39. The summed E-state index contributed by atoms with van der Waals surface area (Å²) >= 11 is 0. The van der Waals surface area contributed by atoms with Gasteiger partial charge in [-0.25, -0.2) is 9.13 Å². The third kappa shape index (κ3) is 3.33. The number of rotatable bonds is 4. The largest absolute Gasteiger partial charge is 1.00 e. The lowest BCUT2D eigenvalue weighted by Gasteiger charge is -2.02. The van der Waals surface area contributed by atoms with E-state index in [1.54, 1.807) is 0 Å². The molecule has 2 rings (SSSR count). The second kappa shape index (κ2) is 6.31. The first-order valence-electron chi connectivity index (χ1n) is 5.96. The number of aromatic nitrogens is 2. The summed E-state index contributed by atoms with van der Waals surface area (Å²) in [4.78, 5) is 0. The lowest BCUT2D eigenvalue weighted by Crippen LogP contribution is -3.00. The van der Waals surface area contributed by atoms with Gasteiger partial charge in [0.15, 0.2) is 0 Å². The van der Waals surface area contributed by atoms with Crippen LogP contribution >= 0.6 is 0 Å². The van der Waals surface area contributed by atoms with E-state index in [2.05, 4.69) is 34.8 Å². The fourth-order valence-electron chi connectivity index (χ4n) is 2.30. The van der Waals surface area contributed by atoms with Gasteiger partial charge in [-0.2, -0.15) is 0 Å². The number of halogens is 1. The third-order valence-corrected chi connectivity index (χ3v) is 3.23. The number of hydrogen-bond acceptors (Lipinski definition) is 0. The van der Waals surface area contributed by atoms with Crippen molar-refractivity contribution in [3.8, 4) is 0 Å². The van der Waals surface area contributed by atoms with Crippen LogP contribution in [-0.2, 0) is 6.54 Å². The zero-order valence-corrected chi connectivity index (χ0v) is 11.1. The highest BCUT2D eigenvalue weighted by atomic mass is 79.9. The molecule has 0 aromatic carbocycles. The smallest absolute Gasteiger partial charge is 0.243 e. The summed E-state index contributed by atoms with van der Waals surface area (Å²) in [5.74, 6) is 0. The van der Waals surface area contributed by atoms with Crippen LogP contribution < -0.4 is 21.5 Å². The first-order chi connectivity index (χ1) is 6.90. The minimum absolute atomic E-state index is 0. The fourth-order valence-corrected chi connectivity index (χ4v) is 2.30. The first-order valence-corrected chi connectivity index (χ1v) is 5.96. The van der Waals surface area contributed by atoms with Crippen molar-refractivity contribution in [3.05, 3.63) is 18.7 Å². The van der Waals surface area contributed by atoms with E-state index in [0.717, 1.165) is 6.04 Å². The monoisotopic (exact) mass is 272 g/mol. The van der Waals surface area contributed by atoms with Crippen LogP contribution in [-0.4, -0.2) is 4.57 Å². The van der Waals surface area contributed by atoms with Crippen molar-refractivity contribution in [2.45, 2.75) is 58.0 Å². The molecular weight excluding hydrogens is 252 g/mol. The average Bonchev–Trinajstić information content (AvgIpc) is 2.85. The Labute approximate surface area is 103 Å². The van der Waals surface area contributed by atoms with Crippen LogP contribution in [0.3, 0.4) is 0 Å². The highest BCUT2D eigenvalue weighted by Crippen LogP contribution is 2.28. The van der Waals surface area contributed by atoms with Crippen LogP contribution in [0, 0.1) is 0 Å². The van der Waals surface area contributed by atoms with Crippen LogP contribution in [0.1, 0.15) is 51.5 Å². The number of nitrogens with zero attached hydrogens (tertiary/aromatic N) is 2. The molecule has 1 aliphatic carbocycles. The predicted molar refractivity (Wildman–Crippen MR) is 57.0 cm³/mol. The summed E-state index contributed by atoms with van der Waals surface area (Å²) in [7, 11) is 0. The van der Waals surface area contributed by atoms with Crippen molar-refractivity contribution in [1.29, 1.82) is 0 Å². The molecule has 1 aromatic rings. The van der Waals surface area contributed by atoms with E-state index in [-0.39, 0.29) is 17.0 Å². The van der Waals surface area contributed by atoms with E-state index in [0.29, 0.717) is 0 Å². The number of aryl methyl sites for hydroxylation is 1. The van der Waals surface area contributed by atoms with Crippen molar-refractivity contribution >= 4 is 0 Å². The van der Waals surface area contributed by atoms with Gasteiger partial charge in [-0.1, -0.05) is 13.3 Å². The van der Waals surface area contributed by atoms with E-state index in [1.807, 2.05) is 0 Å². The van der Waals surface area contributed by atoms with Gasteiger partial charge in [0.05, 0.1) is 6.54 Å². The molecule has 2 nitrogen and oxygen atoms in total. The van der Waals surface area contributed by atoms with E-state index >= 15 is 0 Å². The Bertz CT molecular complexity index is 277. The zero-order chi connectivity index (χ0) is 9.80. The topological polar surface area (TPSA) is 8.81 Å². The second-order valence-corrected chi connectivity index (χ2v) is 4.39. The minimum atomic E-state index is 0. The van der Waals surface area contributed by atoms with Crippen molar-refractivity contribution in [1.82, 2.24) is 4.57 Å². The van der Waals surface area contributed by atoms with Gasteiger partial charge >= 0.3 is 0 Å². The molecule has 0 aliphatic heterocycles. The SMILES string of the molecule is CCCC[n+]1ccn(C2CCCC2)c1.[Br-]. The van der Waals surface area contributed by atoms with Crippen molar-refractivity contribution in [2.24, 2.45) is 0 Å². The molecule has 15 heavy (non-hydrogen) atoms. The van der Waals surface area contributed by atoms with Gasteiger partial charge < -0.3 is 17.0 Å². The molecule has 0 spiro atoms. The van der Waals surface area contributed by atoms with E-state index < -0.39 is 0 Å². The van der Waals surface area contributed by atoms with Gasteiger partial charge in [0.1, 0.15) is 18.4 Å². The maximum Gasteiger partial charge on any atom is 0.243 e. The van der Waals surface area contributed by atoms with Crippen LogP contribution in [0.2, 0.25) is 0 Å². The molecule has 86 valence electrons. The Morgan fingerprint density at radius 3 is 2.73 bits per heavy atom. The summed E-state index contributed by atoms with van der Waals surface area (Å²) in [6.07, 6.45) is 14.9. The van der Waals surface area contributed by atoms with Gasteiger partial charge in [-0.05, 0) is 32.1 Å². The molecule has 0 atom stereocenters. The fraction of sp³-hybridized carbons (Fsp3) is 0.750. The molecule has 0 amide bonds. The maximum atomic E-state index is 2.41. The molecule has 0 radical (unpaired) electrons. The molecule has 1 saturated carbocycles. The summed E-state index contributed by atoms with van der Waals surface area (Å²) < 4.78 is 4.73. The molecule has 0 unspecified atom stereocenters. The van der Waals surface area contributed by atoms with Crippen molar-refractivity contribution in [3.63, 3.8) is 0 Å². The quantitative estimate of drug-likeness (QED) is 0.666. The molecule has 1 fully saturated rings. The van der Waals surface area contributed by atoms with Gasteiger partial charge in [-0.15, -0.1) is 0 Å². The maximum absolute atomic E-state index is 2.41. The molecule has 1 heterocycles. The zero-order valence-electron chi connectivity index (χ0n) is 9.53. The Balaban J connectivity index is 0.00000112. The molecule has 0 N–H and O–H groups in total. The Morgan fingerprint density at radius 2 is 2.07 bits per heavy atom. The summed E-state index contributed by atoms with van der Waals surface area (Å²) in [5.41, 5.74) is 0. The first kappa shape index (κ1) is 12.8. The highest BCUT2D eigenvalue weighted by Gasteiger charge is 2.20. The number of unbranched alkanes of at least 4 members (excludes halogenated alkanes) is 1. The van der Waals surface area contributed by atoms with E-state index in [1.165, 1.54) is 45.1 Å². The third-order valence-electron chi connectivity index (χ3n) is 3.23. The van der Waals surface area contributed by atoms with Gasteiger partial charge in [0.2, 0.25) is 6.33 Å². The van der Waals surface area contributed by atoms with Crippen molar-refractivity contribution < 1.29 is 21.5 Å². The molecule has 3 heteroatoms. The minimum Gasteiger partial charge on any atom is -1.00 e. The molecule has 0 bridgehead atoms. The van der Waals surface area contributed by atoms with Gasteiger partial charge in [0, 0.05) is 0 Å². The lowest BCUT2D eigenvalue weighted by molar-refractivity contribution is -0.697. The number of imidazole rings is 1. The van der Waals surface area contributed by atoms with Crippen molar-refractivity contribution in [2.75, 3.05) is 0 Å². The summed E-state index contributed by atoms with van der Waals surface area (Å²) in [6, 6.07) is 0.790. The number of hydrogen-bond donors (Lipinski definition) is 0. The summed E-state index contributed by atoms with van der Waals surface area (Å²) in [5, 5.41) is 0. The summed E-state index contributed by atoms with van der Waals surface area (Å²) in [6.45, 7) is 3.42.